The highest BCUT2D eigenvalue weighted by molar-refractivity contribution is 7.90. The van der Waals surface area contributed by atoms with Crippen molar-refractivity contribution in [2.75, 3.05) is 24.9 Å². The van der Waals surface area contributed by atoms with Gasteiger partial charge < -0.3 is 10.2 Å². The molecule has 0 heterocycles. The minimum absolute atomic E-state index is 0.0240. The van der Waals surface area contributed by atoms with Crippen LogP contribution in [0.15, 0.2) is 54.6 Å². The number of carbonyl (C=O) groups excluding carboxylic acids is 2. The molecule has 0 saturated carbocycles. The third kappa shape index (κ3) is 7.50. The fourth-order valence-corrected chi connectivity index (χ4v) is 4.51. The topological polar surface area (TPSA) is 90.0 Å². The van der Waals surface area contributed by atoms with Crippen molar-refractivity contribution in [2.24, 2.45) is 0 Å². The van der Waals surface area contributed by atoms with E-state index in [0.29, 0.717) is 17.7 Å². The molecule has 0 saturated heterocycles. The highest BCUT2D eigenvalue weighted by atomic mass is 32.2. The summed E-state index contributed by atoms with van der Waals surface area (Å²) in [4.78, 5) is 28.1. The second-order valence-corrected chi connectivity index (χ2v) is 10.6. The van der Waals surface area contributed by atoms with Crippen molar-refractivity contribution in [1.29, 1.82) is 0 Å². The minimum atomic E-state index is -4.01. The van der Waals surface area contributed by atoms with Crippen molar-refractivity contribution in [2.45, 2.75) is 52.2 Å². The summed E-state index contributed by atoms with van der Waals surface area (Å²) in [6.07, 6.45) is 1.04. The van der Waals surface area contributed by atoms with Gasteiger partial charge in [-0.05, 0) is 49.6 Å². The smallest absolute Gasteiger partial charge is 0.304 e. The number of hydrogen-bond acceptors (Lipinski definition) is 4. The van der Waals surface area contributed by atoms with Crippen molar-refractivity contribution in [3.05, 3.63) is 66.0 Å². The van der Waals surface area contributed by atoms with Crippen molar-refractivity contribution in [1.82, 2.24) is 14.5 Å². The second-order valence-electron chi connectivity index (χ2n) is 8.52. The van der Waals surface area contributed by atoms with Gasteiger partial charge in [-0.1, -0.05) is 44.2 Å². The summed E-state index contributed by atoms with van der Waals surface area (Å²) >= 11 is 0. The number of amides is 2. The zero-order valence-corrected chi connectivity index (χ0v) is 21.8. The Labute approximate surface area is 207 Å². The first-order valence-corrected chi connectivity index (χ1v) is 13.0. The van der Waals surface area contributed by atoms with Crippen LogP contribution in [-0.2, 0) is 26.3 Å². The highest BCUT2D eigenvalue weighted by Crippen LogP contribution is 2.21. The number of hydrogen-bond donors (Lipinski definition) is 1. The van der Waals surface area contributed by atoms with Crippen LogP contribution in [-0.4, -0.2) is 62.2 Å². The molecule has 2 aromatic carbocycles. The van der Waals surface area contributed by atoms with Gasteiger partial charge in [-0.3, -0.25) is 9.59 Å². The van der Waals surface area contributed by atoms with E-state index in [1.165, 1.54) is 31.1 Å². The van der Waals surface area contributed by atoms with Crippen LogP contribution in [0.2, 0.25) is 0 Å². The molecule has 0 radical (unpaired) electrons. The van der Waals surface area contributed by atoms with E-state index in [0.717, 1.165) is 15.0 Å². The molecule has 0 aromatic heterocycles. The molecule has 0 fully saturated rings. The van der Waals surface area contributed by atoms with E-state index >= 15 is 0 Å². The summed E-state index contributed by atoms with van der Waals surface area (Å²) in [5.74, 6) is -1.28. The van der Waals surface area contributed by atoms with E-state index in [1.54, 1.807) is 49.4 Å². The van der Waals surface area contributed by atoms with Gasteiger partial charge in [-0.2, -0.15) is 12.7 Å². The first kappa shape index (κ1) is 28.3. The third-order valence-electron chi connectivity index (χ3n) is 5.72. The lowest BCUT2D eigenvalue weighted by Gasteiger charge is -2.34. The van der Waals surface area contributed by atoms with Crippen molar-refractivity contribution >= 4 is 27.7 Å². The molecular weight excluding hydrogens is 471 g/mol. The maximum atomic E-state index is 13.7. The minimum Gasteiger partial charge on any atom is -0.352 e. The van der Waals surface area contributed by atoms with Gasteiger partial charge in [0, 0.05) is 26.7 Å². The third-order valence-corrected chi connectivity index (χ3v) is 7.54. The molecule has 1 N–H and O–H groups in total. The molecule has 192 valence electrons. The highest BCUT2D eigenvalue weighted by Gasteiger charge is 2.33. The summed E-state index contributed by atoms with van der Waals surface area (Å²) in [6, 6.07) is 13.0. The summed E-state index contributed by atoms with van der Waals surface area (Å²) in [5.41, 5.74) is 0.949. The summed E-state index contributed by atoms with van der Waals surface area (Å²) in [6.45, 7) is 5.13. The Hall–Kier alpha value is -2.98. The number of nitrogens with zero attached hydrogens (tertiary/aromatic N) is 3. The second kappa shape index (κ2) is 12.6. The van der Waals surface area contributed by atoms with Crippen LogP contribution in [0.4, 0.5) is 10.1 Å². The average molecular weight is 507 g/mol. The van der Waals surface area contributed by atoms with Crippen molar-refractivity contribution in [3.63, 3.8) is 0 Å². The van der Waals surface area contributed by atoms with E-state index in [9.17, 15) is 22.4 Å². The molecule has 2 aromatic rings. The predicted molar refractivity (Wildman–Crippen MR) is 135 cm³/mol. The van der Waals surface area contributed by atoms with E-state index in [2.05, 4.69) is 5.32 Å². The lowest BCUT2D eigenvalue weighted by atomic mass is 10.1. The maximum Gasteiger partial charge on any atom is 0.304 e. The number of anilines is 1. The van der Waals surface area contributed by atoms with Crippen molar-refractivity contribution in [3.8, 4) is 0 Å². The van der Waals surface area contributed by atoms with Crippen LogP contribution in [0, 0.1) is 5.82 Å². The summed E-state index contributed by atoms with van der Waals surface area (Å²) < 4.78 is 41.7. The van der Waals surface area contributed by atoms with Crippen LogP contribution >= 0.6 is 0 Å². The van der Waals surface area contributed by atoms with Gasteiger partial charge in [0.05, 0.1) is 5.69 Å². The van der Waals surface area contributed by atoms with Crippen LogP contribution in [0.3, 0.4) is 0 Å². The largest absolute Gasteiger partial charge is 0.352 e. The molecule has 0 spiro atoms. The van der Waals surface area contributed by atoms with Crippen LogP contribution in [0.1, 0.15) is 39.2 Å². The predicted octanol–water partition coefficient (Wildman–Crippen LogP) is 3.16. The van der Waals surface area contributed by atoms with Gasteiger partial charge in [-0.25, -0.2) is 8.70 Å². The number of nitrogens with one attached hydrogen (secondary N) is 1. The first-order chi connectivity index (χ1) is 16.5. The molecule has 0 aliphatic carbocycles. The number of para-hydroxylation sites is 1. The number of rotatable bonds is 12. The summed E-state index contributed by atoms with van der Waals surface area (Å²) in [7, 11) is -1.23. The Morgan fingerprint density at radius 1 is 0.971 bits per heavy atom. The normalized spacial score (nSPS) is 13.2. The van der Waals surface area contributed by atoms with Crippen LogP contribution in [0.25, 0.3) is 0 Å². The molecule has 0 bridgehead atoms. The molecule has 0 aliphatic rings. The van der Waals surface area contributed by atoms with Gasteiger partial charge in [-0.15, -0.1) is 0 Å². The average Bonchev–Trinajstić information content (AvgIpc) is 2.83. The molecule has 35 heavy (non-hydrogen) atoms. The molecule has 10 heteroatoms. The Morgan fingerprint density at radius 2 is 1.57 bits per heavy atom. The lowest BCUT2D eigenvalue weighted by molar-refractivity contribution is -0.140. The molecule has 8 nitrogen and oxygen atoms in total. The van der Waals surface area contributed by atoms with E-state index in [1.807, 2.05) is 13.8 Å². The van der Waals surface area contributed by atoms with E-state index in [4.69, 9.17) is 0 Å². The van der Waals surface area contributed by atoms with Crippen LogP contribution < -0.4 is 9.62 Å². The quantitative estimate of drug-likeness (QED) is 0.479. The van der Waals surface area contributed by atoms with Gasteiger partial charge >= 0.3 is 10.2 Å². The zero-order valence-electron chi connectivity index (χ0n) is 20.9. The molecule has 0 aliphatic heterocycles. The standard InChI is InChI=1S/C25H35FN4O4S/c1-6-19(3)27-25(32)23(7-2)29(17-20-13-15-21(26)16-14-20)24(31)18-30(35(33,34)28(4)5)22-11-9-8-10-12-22/h8-16,19,23H,6-7,17-18H2,1-5H3,(H,27,32)/t19-,23+/m0/s1. The summed E-state index contributed by atoms with van der Waals surface area (Å²) in [5, 5.41) is 2.91. The van der Waals surface area contributed by atoms with E-state index < -0.39 is 34.5 Å². The fraction of sp³-hybridized carbons (Fsp3) is 0.440. The first-order valence-electron chi connectivity index (χ1n) is 11.6. The maximum absolute atomic E-state index is 13.7. The molecule has 0 unspecified atom stereocenters. The Kier molecular flexibility index (Phi) is 10.2. The SMILES string of the molecule is CC[C@H](C(=O)N[C@@H](C)CC)N(Cc1ccc(F)cc1)C(=O)CN(c1ccccc1)S(=O)(=O)N(C)C. The Bertz CT molecular complexity index is 1080. The van der Waals surface area contributed by atoms with Gasteiger partial charge in [0.1, 0.15) is 18.4 Å². The number of benzene rings is 2. The fourth-order valence-electron chi connectivity index (χ4n) is 3.46. The zero-order chi connectivity index (χ0) is 26.2. The van der Waals surface area contributed by atoms with Gasteiger partial charge in [0.15, 0.2) is 0 Å². The van der Waals surface area contributed by atoms with Crippen LogP contribution in [0.5, 0.6) is 0 Å². The molecule has 2 rings (SSSR count). The monoisotopic (exact) mass is 506 g/mol. The lowest BCUT2D eigenvalue weighted by Crippen LogP contribution is -2.54. The molecule has 2 atom stereocenters. The number of carbonyl (C=O) groups is 2. The van der Waals surface area contributed by atoms with E-state index in [-0.39, 0.29) is 18.5 Å². The van der Waals surface area contributed by atoms with Gasteiger partial charge in [0.25, 0.3) is 0 Å². The Balaban J connectivity index is 2.46. The Morgan fingerprint density at radius 3 is 2.09 bits per heavy atom. The molecular formula is C25H35FN4O4S. The molecule has 2 amide bonds. The van der Waals surface area contributed by atoms with Gasteiger partial charge in [0.2, 0.25) is 11.8 Å². The number of halogens is 1. The van der Waals surface area contributed by atoms with Crippen molar-refractivity contribution < 1.29 is 22.4 Å².